The Morgan fingerprint density at radius 1 is 1.33 bits per heavy atom. The monoisotopic (exact) mass is 370 g/mol. The van der Waals surface area contributed by atoms with Gasteiger partial charge < -0.3 is 9.80 Å². The maximum Gasteiger partial charge on any atom is 0.235 e. The molecule has 0 bridgehead atoms. The maximum absolute atomic E-state index is 12.4. The molecule has 0 spiro atoms. The van der Waals surface area contributed by atoms with Crippen molar-refractivity contribution >= 4 is 33.6 Å². The molecule has 1 unspecified atom stereocenters. The molecule has 1 aliphatic heterocycles. The topological polar surface area (TPSA) is 23.6 Å². The summed E-state index contributed by atoms with van der Waals surface area (Å²) in [4.78, 5) is 17.8. The molecule has 1 aromatic carbocycles. The lowest BCUT2D eigenvalue weighted by Gasteiger charge is -2.24. The van der Waals surface area contributed by atoms with Crippen LogP contribution < -0.4 is 0 Å². The summed E-state index contributed by atoms with van der Waals surface area (Å²) < 4.78 is 1.06. The molecule has 1 saturated heterocycles. The molecular formula is C16H23BrN2OS. The van der Waals surface area contributed by atoms with Crippen LogP contribution in [0.4, 0.5) is 0 Å². The Morgan fingerprint density at radius 2 is 1.95 bits per heavy atom. The zero-order valence-corrected chi connectivity index (χ0v) is 15.1. The Balaban J connectivity index is 1.78. The molecule has 1 fully saturated rings. The van der Waals surface area contributed by atoms with E-state index in [9.17, 15) is 4.79 Å². The van der Waals surface area contributed by atoms with E-state index in [1.807, 2.05) is 43.1 Å². The molecule has 0 N–H and O–H groups in total. The number of likely N-dealkylation sites (tertiary alicyclic amines) is 1. The van der Waals surface area contributed by atoms with Gasteiger partial charge in [-0.15, -0.1) is 11.8 Å². The van der Waals surface area contributed by atoms with Gasteiger partial charge in [0.25, 0.3) is 0 Å². The third-order valence-electron chi connectivity index (χ3n) is 3.80. The van der Waals surface area contributed by atoms with Crippen LogP contribution in [-0.4, -0.2) is 54.2 Å². The molecule has 21 heavy (non-hydrogen) atoms. The molecule has 5 heteroatoms. The van der Waals surface area contributed by atoms with Gasteiger partial charge in [0.15, 0.2) is 0 Å². The number of hydrogen-bond acceptors (Lipinski definition) is 3. The van der Waals surface area contributed by atoms with Gasteiger partial charge in [0.1, 0.15) is 0 Å². The molecule has 3 nitrogen and oxygen atoms in total. The van der Waals surface area contributed by atoms with Crippen molar-refractivity contribution in [1.29, 1.82) is 0 Å². The van der Waals surface area contributed by atoms with E-state index < -0.39 is 0 Å². The Morgan fingerprint density at radius 3 is 2.57 bits per heavy atom. The van der Waals surface area contributed by atoms with Crippen molar-refractivity contribution in [1.82, 2.24) is 9.80 Å². The predicted molar refractivity (Wildman–Crippen MR) is 92.8 cm³/mol. The minimum atomic E-state index is -0.0465. The maximum atomic E-state index is 12.4. The first-order valence-corrected chi connectivity index (χ1v) is 9.13. The minimum absolute atomic E-state index is 0.0465. The first kappa shape index (κ1) is 16.8. The van der Waals surface area contributed by atoms with E-state index >= 15 is 0 Å². The third kappa shape index (κ3) is 5.31. The molecule has 0 aliphatic carbocycles. The summed E-state index contributed by atoms with van der Waals surface area (Å²) in [5.74, 6) is 0.210. The van der Waals surface area contributed by atoms with Crippen molar-refractivity contribution in [2.24, 2.45) is 0 Å². The van der Waals surface area contributed by atoms with Crippen LogP contribution in [0.2, 0.25) is 0 Å². The number of carbonyl (C=O) groups is 1. The highest BCUT2D eigenvalue weighted by Crippen LogP contribution is 2.25. The van der Waals surface area contributed by atoms with Crippen molar-refractivity contribution in [2.45, 2.75) is 29.9 Å². The van der Waals surface area contributed by atoms with Gasteiger partial charge >= 0.3 is 0 Å². The molecule has 1 atom stereocenters. The van der Waals surface area contributed by atoms with Gasteiger partial charge in [0.05, 0.1) is 5.25 Å². The SMILES string of the molecule is CC(Sc1ccc(Br)cc1)C(=O)N(C)CCN1CCCC1. The summed E-state index contributed by atoms with van der Waals surface area (Å²) in [6.07, 6.45) is 2.60. The van der Waals surface area contributed by atoms with E-state index in [-0.39, 0.29) is 11.2 Å². The zero-order chi connectivity index (χ0) is 15.2. The molecule has 116 valence electrons. The molecule has 2 rings (SSSR count). The fourth-order valence-corrected chi connectivity index (χ4v) is 3.73. The highest BCUT2D eigenvalue weighted by atomic mass is 79.9. The Labute approximate surface area is 140 Å². The summed E-state index contributed by atoms with van der Waals surface area (Å²) in [5.41, 5.74) is 0. The van der Waals surface area contributed by atoms with Crippen LogP contribution >= 0.6 is 27.7 Å². The van der Waals surface area contributed by atoms with Crippen LogP contribution in [0.15, 0.2) is 33.6 Å². The van der Waals surface area contributed by atoms with E-state index in [0.29, 0.717) is 0 Å². The van der Waals surface area contributed by atoms with Gasteiger partial charge in [-0.25, -0.2) is 0 Å². The van der Waals surface area contributed by atoms with Crippen LogP contribution in [0.1, 0.15) is 19.8 Å². The third-order valence-corrected chi connectivity index (χ3v) is 5.43. The van der Waals surface area contributed by atoms with Crippen molar-refractivity contribution < 1.29 is 4.79 Å². The lowest BCUT2D eigenvalue weighted by atomic mass is 10.4. The number of amides is 1. The highest BCUT2D eigenvalue weighted by molar-refractivity contribution is 9.10. The second-order valence-corrected chi connectivity index (χ2v) is 7.85. The van der Waals surface area contributed by atoms with Crippen LogP contribution in [0.3, 0.4) is 0 Å². The van der Waals surface area contributed by atoms with Gasteiger partial charge in [-0.3, -0.25) is 4.79 Å². The summed E-state index contributed by atoms with van der Waals surface area (Å²) in [7, 11) is 1.91. The van der Waals surface area contributed by atoms with E-state index in [4.69, 9.17) is 0 Å². The number of thioether (sulfide) groups is 1. The lowest BCUT2D eigenvalue weighted by Crippen LogP contribution is -2.38. The highest BCUT2D eigenvalue weighted by Gasteiger charge is 2.20. The largest absolute Gasteiger partial charge is 0.344 e. The number of hydrogen-bond donors (Lipinski definition) is 0. The van der Waals surface area contributed by atoms with Gasteiger partial charge in [0.2, 0.25) is 5.91 Å². The van der Waals surface area contributed by atoms with Gasteiger partial charge in [-0.1, -0.05) is 15.9 Å². The van der Waals surface area contributed by atoms with Crippen LogP contribution in [-0.2, 0) is 4.79 Å². The van der Waals surface area contributed by atoms with Gasteiger partial charge in [-0.2, -0.15) is 0 Å². The number of halogens is 1. The molecule has 1 heterocycles. The van der Waals surface area contributed by atoms with Crippen molar-refractivity contribution in [2.75, 3.05) is 33.2 Å². The van der Waals surface area contributed by atoms with Crippen molar-refractivity contribution in [3.63, 3.8) is 0 Å². The van der Waals surface area contributed by atoms with E-state index in [1.54, 1.807) is 11.8 Å². The fraction of sp³-hybridized carbons (Fsp3) is 0.562. The number of nitrogens with zero attached hydrogens (tertiary/aromatic N) is 2. The quantitative estimate of drug-likeness (QED) is 0.716. The predicted octanol–water partition coefficient (Wildman–Crippen LogP) is 3.48. The second kappa shape index (κ2) is 8.20. The average molecular weight is 371 g/mol. The molecule has 0 saturated carbocycles. The second-order valence-electron chi connectivity index (χ2n) is 5.52. The smallest absolute Gasteiger partial charge is 0.235 e. The summed E-state index contributed by atoms with van der Waals surface area (Å²) in [6.45, 7) is 6.18. The van der Waals surface area contributed by atoms with Crippen molar-refractivity contribution in [3.8, 4) is 0 Å². The van der Waals surface area contributed by atoms with Crippen molar-refractivity contribution in [3.05, 3.63) is 28.7 Å². The number of likely N-dealkylation sites (N-methyl/N-ethyl adjacent to an activating group) is 1. The molecular weight excluding hydrogens is 348 g/mol. The lowest BCUT2D eigenvalue weighted by molar-refractivity contribution is -0.129. The number of rotatable bonds is 6. The van der Waals surface area contributed by atoms with Crippen LogP contribution in [0.5, 0.6) is 0 Å². The van der Waals surface area contributed by atoms with Crippen LogP contribution in [0.25, 0.3) is 0 Å². The fourth-order valence-electron chi connectivity index (χ4n) is 2.49. The first-order chi connectivity index (χ1) is 10.1. The van der Waals surface area contributed by atoms with E-state index in [0.717, 1.165) is 22.5 Å². The molecule has 0 radical (unpaired) electrons. The standard InChI is InChI=1S/C16H23BrN2OS/c1-13(21-15-7-5-14(17)6-8-15)16(20)18(2)11-12-19-9-3-4-10-19/h5-8,13H,3-4,9-12H2,1-2H3. The number of benzene rings is 1. The molecule has 1 amide bonds. The molecule has 1 aliphatic rings. The van der Waals surface area contributed by atoms with Gasteiger partial charge in [-0.05, 0) is 57.1 Å². The summed E-state index contributed by atoms with van der Waals surface area (Å²) in [6, 6.07) is 8.11. The Bertz CT molecular complexity index is 460. The van der Waals surface area contributed by atoms with Crippen LogP contribution in [0, 0.1) is 0 Å². The Hall–Kier alpha value is -0.520. The summed E-state index contributed by atoms with van der Waals surface area (Å²) >= 11 is 5.05. The molecule has 1 aromatic rings. The first-order valence-electron chi connectivity index (χ1n) is 7.46. The molecule has 0 aromatic heterocycles. The average Bonchev–Trinajstić information content (AvgIpc) is 2.99. The van der Waals surface area contributed by atoms with Gasteiger partial charge in [0, 0.05) is 29.5 Å². The minimum Gasteiger partial charge on any atom is -0.344 e. The van der Waals surface area contributed by atoms with E-state index in [1.165, 1.54) is 25.9 Å². The summed E-state index contributed by atoms with van der Waals surface area (Å²) in [5, 5.41) is -0.0465. The normalized spacial score (nSPS) is 16.9. The van der Waals surface area contributed by atoms with E-state index in [2.05, 4.69) is 20.8 Å². The zero-order valence-electron chi connectivity index (χ0n) is 12.7. The Kier molecular flexibility index (Phi) is 6.58. The number of carbonyl (C=O) groups excluding carboxylic acids is 1.